The standard InChI is InChI=1S/C14H9ClF3N3/c15-6-9-5-13(20-12-4-2-1-3-11(9)12)21-8-10(7-19-21)14(16,17)18/h1-5,7-8H,6H2. The fraction of sp³-hybridized carbons (Fsp3) is 0.143. The predicted molar refractivity (Wildman–Crippen MR) is 73.4 cm³/mol. The molecule has 3 aromatic rings. The van der Waals surface area contributed by atoms with E-state index < -0.39 is 11.7 Å². The molecular formula is C14H9ClF3N3. The average Bonchev–Trinajstić information content (AvgIpc) is 2.96. The van der Waals surface area contributed by atoms with Crippen LogP contribution in [0.15, 0.2) is 42.7 Å². The van der Waals surface area contributed by atoms with Crippen molar-refractivity contribution in [2.75, 3.05) is 0 Å². The van der Waals surface area contributed by atoms with Crippen molar-refractivity contribution in [2.24, 2.45) is 0 Å². The van der Waals surface area contributed by atoms with Crippen molar-refractivity contribution in [1.29, 1.82) is 0 Å². The Labute approximate surface area is 123 Å². The predicted octanol–water partition coefficient (Wildman–Crippen LogP) is 4.18. The van der Waals surface area contributed by atoms with Gasteiger partial charge in [-0.2, -0.15) is 18.3 Å². The smallest absolute Gasteiger partial charge is 0.229 e. The van der Waals surface area contributed by atoms with Gasteiger partial charge in [0.2, 0.25) is 0 Å². The minimum absolute atomic E-state index is 0.240. The minimum Gasteiger partial charge on any atom is -0.229 e. The Morgan fingerprint density at radius 3 is 2.62 bits per heavy atom. The monoisotopic (exact) mass is 311 g/mol. The summed E-state index contributed by atoms with van der Waals surface area (Å²) in [7, 11) is 0. The van der Waals surface area contributed by atoms with E-state index >= 15 is 0 Å². The van der Waals surface area contributed by atoms with E-state index in [1.54, 1.807) is 18.2 Å². The van der Waals surface area contributed by atoms with Crippen molar-refractivity contribution >= 4 is 22.5 Å². The van der Waals surface area contributed by atoms with Crippen LogP contribution >= 0.6 is 11.6 Å². The number of hydrogen-bond donors (Lipinski definition) is 0. The molecule has 0 saturated carbocycles. The molecule has 21 heavy (non-hydrogen) atoms. The second-order valence-electron chi connectivity index (χ2n) is 4.46. The number of halogens is 4. The summed E-state index contributed by atoms with van der Waals surface area (Å²) in [6.45, 7) is 0. The number of para-hydroxylation sites is 1. The Hall–Kier alpha value is -2.08. The molecule has 0 unspecified atom stereocenters. The second kappa shape index (κ2) is 5.04. The van der Waals surface area contributed by atoms with Gasteiger partial charge in [0.15, 0.2) is 5.82 Å². The largest absolute Gasteiger partial charge is 0.419 e. The molecule has 0 fully saturated rings. The lowest BCUT2D eigenvalue weighted by atomic mass is 10.1. The maximum atomic E-state index is 12.6. The Balaban J connectivity index is 2.14. The molecule has 0 aliphatic heterocycles. The van der Waals surface area contributed by atoms with Crippen molar-refractivity contribution in [2.45, 2.75) is 12.1 Å². The van der Waals surface area contributed by atoms with Gasteiger partial charge in [-0.05, 0) is 17.7 Å². The van der Waals surface area contributed by atoms with Crippen LogP contribution in [0, 0.1) is 0 Å². The van der Waals surface area contributed by atoms with Crippen molar-refractivity contribution in [3.8, 4) is 5.82 Å². The van der Waals surface area contributed by atoms with Gasteiger partial charge in [-0.3, -0.25) is 0 Å². The lowest BCUT2D eigenvalue weighted by Gasteiger charge is -2.07. The first-order chi connectivity index (χ1) is 9.99. The number of alkyl halides is 4. The molecule has 2 aromatic heterocycles. The van der Waals surface area contributed by atoms with Gasteiger partial charge in [-0.1, -0.05) is 18.2 Å². The van der Waals surface area contributed by atoms with Crippen LogP contribution in [0.2, 0.25) is 0 Å². The van der Waals surface area contributed by atoms with E-state index in [2.05, 4.69) is 10.1 Å². The average molecular weight is 312 g/mol. The van der Waals surface area contributed by atoms with Gasteiger partial charge in [-0.25, -0.2) is 9.67 Å². The second-order valence-corrected chi connectivity index (χ2v) is 4.73. The van der Waals surface area contributed by atoms with Crippen molar-refractivity contribution < 1.29 is 13.2 Å². The first kappa shape index (κ1) is 13.9. The summed E-state index contributed by atoms with van der Waals surface area (Å²) in [6, 6.07) is 8.95. The highest BCUT2D eigenvalue weighted by Crippen LogP contribution is 2.29. The molecule has 0 N–H and O–H groups in total. The topological polar surface area (TPSA) is 30.7 Å². The molecule has 1 aromatic carbocycles. The van der Waals surface area contributed by atoms with Crippen LogP contribution < -0.4 is 0 Å². The number of rotatable bonds is 2. The number of pyridine rings is 1. The summed E-state index contributed by atoms with van der Waals surface area (Å²) < 4.78 is 39.0. The van der Waals surface area contributed by atoms with Crippen LogP contribution in [0.3, 0.4) is 0 Å². The van der Waals surface area contributed by atoms with Gasteiger partial charge in [0.1, 0.15) is 0 Å². The maximum Gasteiger partial charge on any atom is 0.419 e. The van der Waals surface area contributed by atoms with Gasteiger partial charge in [-0.15, -0.1) is 11.6 Å². The zero-order valence-corrected chi connectivity index (χ0v) is 11.4. The van der Waals surface area contributed by atoms with Gasteiger partial charge in [0, 0.05) is 17.5 Å². The number of aromatic nitrogens is 3. The summed E-state index contributed by atoms with van der Waals surface area (Å²) in [5, 5.41) is 4.60. The third-order valence-electron chi connectivity index (χ3n) is 3.08. The summed E-state index contributed by atoms with van der Waals surface area (Å²) in [4.78, 5) is 4.32. The number of benzene rings is 1. The molecule has 0 amide bonds. The molecule has 0 aliphatic rings. The van der Waals surface area contributed by atoms with Crippen LogP contribution in [0.25, 0.3) is 16.7 Å². The lowest BCUT2D eigenvalue weighted by Crippen LogP contribution is -2.03. The van der Waals surface area contributed by atoms with E-state index in [0.717, 1.165) is 28.0 Å². The van der Waals surface area contributed by atoms with Crippen LogP contribution in [0.1, 0.15) is 11.1 Å². The molecule has 0 bridgehead atoms. The van der Waals surface area contributed by atoms with E-state index in [1.807, 2.05) is 12.1 Å². The molecule has 7 heteroatoms. The van der Waals surface area contributed by atoms with E-state index in [-0.39, 0.29) is 5.88 Å². The van der Waals surface area contributed by atoms with E-state index in [0.29, 0.717) is 11.3 Å². The Kier molecular flexibility index (Phi) is 3.33. The summed E-state index contributed by atoms with van der Waals surface area (Å²) in [5.41, 5.74) is 0.640. The minimum atomic E-state index is -4.43. The van der Waals surface area contributed by atoms with Crippen molar-refractivity contribution in [3.63, 3.8) is 0 Å². The summed E-state index contributed by atoms with van der Waals surface area (Å²) in [5.74, 6) is 0.545. The van der Waals surface area contributed by atoms with Gasteiger partial charge < -0.3 is 0 Å². The van der Waals surface area contributed by atoms with E-state index in [4.69, 9.17) is 11.6 Å². The summed E-state index contributed by atoms with van der Waals surface area (Å²) in [6.07, 6.45) is -2.74. The Morgan fingerprint density at radius 2 is 1.95 bits per heavy atom. The zero-order chi connectivity index (χ0) is 15.0. The fourth-order valence-electron chi connectivity index (χ4n) is 2.05. The van der Waals surface area contributed by atoms with Gasteiger partial charge in [0.05, 0.1) is 17.3 Å². The molecule has 3 rings (SSSR count). The van der Waals surface area contributed by atoms with Crippen molar-refractivity contribution in [3.05, 3.63) is 53.9 Å². The van der Waals surface area contributed by atoms with Crippen LogP contribution in [0.5, 0.6) is 0 Å². The maximum absolute atomic E-state index is 12.6. The molecule has 0 radical (unpaired) electrons. The molecule has 0 saturated heterocycles. The number of hydrogen-bond acceptors (Lipinski definition) is 2. The van der Waals surface area contributed by atoms with Gasteiger partial charge in [0.25, 0.3) is 0 Å². The van der Waals surface area contributed by atoms with Crippen LogP contribution in [-0.4, -0.2) is 14.8 Å². The SMILES string of the molecule is FC(F)(F)c1cnn(-c2cc(CCl)c3ccccc3n2)c1. The van der Waals surface area contributed by atoms with E-state index in [1.165, 1.54) is 0 Å². The first-order valence-electron chi connectivity index (χ1n) is 6.06. The summed E-state index contributed by atoms with van der Waals surface area (Å²) >= 11 is 5.91. The third kappa shape index (κ3) is 2.58. The quantitative estimate of drug-likeness (QED) is 0.665. The normalized spacial score (nSPS) is 12.0. The zero-order valence-electron chi connectivity index (χ0n) is 10.6. The number of nitrogens with zero attached hydrogens (tertiary/aromatic N) is 3. The third-order valence-corrected chi connectivity index (χ3v) is 3.36. The van der Waals surface area contributed by atoms with Crippen LogP contribution in [0.4, 0.5) is 13.2 Å². The van der Waals surface area contributed by atoms with Crippen LogP contribution in [-0.2, 0) is 12.1 Å². The molecule has 3 nitrogen and oxygen atoms in total. The molecule has 0 atom stereocenters. The molecule has 108 valence electrons. The Bertz CT molecular complexity index is 796. The lowest BCUT2D eigenvalue weighted by molar-refractivity contribution is -0.137. The molecular weight excluding hydrogens is 303 g/mol. The molecule has 2 heterocycles. The van der Waals surface area contributed by atoms with Gasteiger partial charge >= 0.3 is 6.18 Å². The molecule has 0 aliphatic carbocycles. The highest BCUT2D eigenvalue weighted by atomic mass is 35.5. The Morgan fingerprint density at radius 1 is 1.19 bits per heavy atom. The molecule has 0 spiro atoms. The first-order valence-corrected chi connectivity index (χ1v) is 6.59. The van der Waals surface area contributed by atoms with Crippen molar-refractivity contribution in [1.82, 2.24) is 14.8 Å². The highest BCUT2D eigenvalue weighted by molar-refractivity contribution is 6.18. The highest BCUT2D eigenvalue weighted by Gasteiger charge is 2.32. The fourth-order valence-corrected chi connectivity index (χ4v) is 2.28. The van der Waals surface area contributed by atoms with E-state index in [9.17, 15) is 13.2 Å². The number of fused-ring (bicyclic) bond motifs is 1.